The third kappa shape index (κ3) is 14.8. The van der Waals surface area contributed by atoms with Crippen LogP contribution in [0.1, 0.15) is 64.5 Å². The number of hydrogen-bond donors (Lipinski definition) is 3. The number of benzene rings is 7. The molecule has 104 heavy (non-hydrogen) atoms. The molecule has 7 aromatic carbocycles. The average molecular weight is 1400 g/mol. The van der Waals surface area contributed by atoms with Crippen LogP contribution in [0.4, 0.5) is 52.2 Å². The van der Waals surface area contributed by atoms with Crippen molar-refractivity contribution in [2.45, 2.75) is 40.0 Å². The van der Waals surface area contributed by atoms with Gasteiger partial charge in [-0.25, -0.2) is 24.3 Å². The number of amides is 3. The second kappa shape index (κ2) is 29.1. The van der Waals surface area contributed by atoms with Crippen molar-refractivity contribution < 1.29 is 49.5 Å². The molecule has 0 spiro atoms. The number of alkyl halides is 6. The lowest BCUT2D eigenvalue weighted by atomic mass is 9.98. The number of rotatable bonds is 12. The summed E-state index contributed by atoms with van der Waals surface area (Å²) in [6.45, 7) is 7.67. The number of nitrogens with zero attached hydrogens (tertiary/aromatic N) is 8. The molecule has 3 N–H and O–H groups in total. The van der Waals surface area contributed by atoms with E-state index < -0.39 is 52.4 Å². The highest BCUT2D eigenvalue weighted by atomic mass is 19.4. The Morgan fingerprint density at radius 1 is 0.356 bits per heavy atom. The van der Waals surface area contributed by atoms with E-state index in [1.165, 1.54) is 42.7 Å². The number of anilines is 3. The largest absolute Gasteiger partial charge is 0.417 e. The summed E-state index contributed by atoms with van der Waals surface area (Å²) < 4.78 is 117. The first-order valence-corrected chi connectivity index (χ1v) is 32.4. The maximum Gasteiger partial charge on any atom is 0.417 e. The molecule has 0 bridgehead atoms. The lowest BCUT2D eigenvalue weighted by Crippen LogP contribution is -2.19. The summed E-state index contributed by atoms with van der Waals surface area (Å²) in [7, 11) is 0. The summed E-state index contributed by atoms with van der Waals surface area (Å²) in [6.07, 6.45) is 5.48. The number of carbonyl (C=O) groups is 3. The fraction of sp³-hybridized carbons (Fsp3) is 0.0732. The Labute approximate surface area is 589 Å². The zero-order chi connectivity index (χ0) is 73.0. The first kappa shape index (κ1) is 69.2. The summed E-state index contributed by atoms with van der Waals surface area (Å²) in [5.41, 5.74) is 11.7. The number of fused-ring (bicyclic) bond motifs is 3. The van der Waals surface area contributed by atoms with Crippen molar-refractivity contribution >= 4 is 51.7 Å². The molecule has 15 aromatic rings. The van der Waals surface area contributed by atoms with Gasteiger partial charge in [-0.3, -0.25) is 32.6 Å². The van der Waals surface area contributed by atoms with Crippen molar-refractivity contribution in [3.63, 3.8) is 0 Å². The molecule has 0 aliphatic heterocycles. The lowest BCUT2D eigenvalue weighted by molar-refractivity contribution is -0.138. The standard InChI is InChI=1S/C28H22FN3O.C27H18F4N4O.C27H19F3N4O/c1-18-9-13-21(14-10-18)31-28(33)24-16-20(12-11-19(24)2)22-7-5-15-32-26(17-30-27(22)32)23-6-3-4-8-25(23)29;1-16-6-9-18(10-7-16)34-26(36)21-14-17(8-11-22(21)27(29,30)31)19-5-3-13-35-23(15-33-25(19)35)20-4-2-12-32-24(20)28;1-17-6-9-20(10-7-17)33-26(35)22-14-18(8-11-23(22)27(28,29)30)21-5-3-13-34-24(16-32-25(21)34)19-4-2-12-31-15-19/h3-17H,1-2H3,(H,31,33);2-15H,1H3,(H,34,36);2-16H,1H3,(H,33,35). The van der Waals surface area contributed by atoms with Gasteiger partial charge in [0.05, 0.1) is 63.5 Å². The van der Waals surface area contributed by atoms with Crippen LogP contribution in [0.5, 0.6) is 0 Å². The summed E-state index contributed by atoms with van der Waals surface area (Å²) in [5, 5.41) is 8.08. The van der Waals surface area contributed by atoms with Gasteiger partial charge in [0.15, 0.2) is 0 Å². The molecule has 8 aromatic heterocycles. The maximum absolute atomic E-state index is 14.4. The van der Waals surface area contributed by atoms with Crippen LogP contribution in [-0.4, -0.2) is 55.8 Å². The van der Waals surface area contributed by atoms with Gasteiger partial charge >= 0.3 is 12.4 Å². The number of aromatic nitrogens is 8. The Morgan fingerprint density at radius 2 is 0.740 bits per heavy atom. The fourth-order valence-electron chi connectivity index (χ4n) is 11.9. The predicted molar refractivity (Wildman–Crippen MR) is 386 cm³/mol. The normalized spacial score (nSPS) is 11.4. The van der Waals surface area contributed by atoms with Crippen molar-refractivity contribution in [1.29, 1.82) is 0 Å². The highest BCUT2D eigenvalue weighted by molar-refractivity contribution is 6.08. The van der Waals surface area contributed by atoms with Crippen LogP contribution in [0, 0.1) is 39.5 Å². The van der Waals surface area contributed by atoms with E-state index >= 15 is 0 Å². The zero-order valence-corrected chi connectivity index (χ0v) is 55.7. The highest BCUT2D eigenvalue weighted by Crippen LogP contribution is 2.40. The van der Waals surface area contributed by atoms with E-state index in [4.69, 9.17) is 0 Å². The van der Waals surface area contributed by atoms with Crippen LogP contribution in [-0.2, 0) is 12.4 Å². The van der Waals surface area contributed by atoms with Gasteiger partial charge < -0.3 is 16.0 Å². The van der Waals surface area contributed by atoms with Crippen LogP contribution in [0.2, 0.25) is 0 Å². The van der Waals surface area contributed by atoms with E-state index in [0.29, 0.717) is 73.1 Å². The van der Waals surface area contributed by atoms with Gasteiger partial charge in [0.25, 0.3) is 17.7 Å². The fourth-order valence-corrected chi connectivity index (χ4v) is 11.9. The number of halogens is 8. The summed E-state index contributed by atoms with van der Waals surface area (Å²) in [5.74, 6) is -2.86. The number of nitrogens with one attached hydrogen (secondary N) is 3. The molecule has 0 atom stereocenters. The molecule has 0 radical (unpaired) electrons. The van der Waals surface area contributed by atoms with Gasteiger partial charge in [-0.15, -0.1) is 0 Å². The third-order valence-corrected chi connectivity index (χ3v) is 17.2. The van der Waals surface area contributed by atoms with E-state index in [1.807, 2.05) is 116 Å². The van der Waals surface area contributed by atoms with Gasteiger partial charge in [0, 0.05) is 87.6 Å². The topological polar surface area (TPSA) is 165 Å². The van der Waals surface area contributed by atoms with Crippen LogP contribution in [0.25, 0.3) is 84.1 Å². The Hall–Kier alpha value is -13.2. The number of aryl methyl sites for hydroxylation is 4. The summed E-state index contributed by atoms with van der Waals surface area (Å²) >= 11 is 0. The molecular formula is C82H59F8N11O3. The highest BCUT2D eigenvalue weighted by Gasteiger charge is 2.37. The van der Waals surface area contributed by atoms with Crippen molar-refractivity contribution in [3.8, 4) is 67.2 Å². The molecule has 516 valence electrons. The number of hydrogen-bond acceptors (Lipinski definition) is 8. The SMILES string of the molecule is Cc1ccc(NC(=O)c2cc(-c3cccn4c(-c5ccccc5F)cnc34)ccc2C)cc1.Cc1ccc(NC(=O)c2cc(-c3cccn4c(-c5cccnc5)cnc34)ccc2C(F)(F)F)cc1.Cc1ccc(NC(=O)c2cc(-c3cccn4c(-c5cccnc5F)cnc34)ccc2C(F)(F)F)cc1. The van der Waals surface area contributed by atoms with Crippen molar-refractivity contribution in [1.82, 2.24) is 38.1 Å². The molecule has 0 fully saturated rings. The van der Waals surface area contributed by atoms with Crippen LogP contribution in [0.3, 0.4) is 0 Å². The average Bonchev–Trinajstić information content (AvgIpc) is 1.47. The third-order valence-electron chi connectivity index (χ3n) is 17.2. The minimum Gasteiger partial charge on any atom is -0.322 e. The second-order valence-electron chi connectivity index (χ2n) is 24.3. The molecule has 0 unspecified atom stereocenters. The minimum atomic E-state index is -4.73. The number of pyridine rings is 5. The zero-order valence-electron chi connectivity index (χ0n) is 55.7. The molecule has 0 aliphatic rings. The Bertz CT molecular complexity index is 5720. The first-order chi connectivity index (χ1) is 50.0. The van der Waals surface area contributed by atoms with Gasteiger partial charge in [-0.1, -0.05) is 89.5 Å². The molecule has 3 amide bonds. The Kier molecular flexibility index (Phi) is 19.4. The molecule has 14 nitrogen and oxygen atoms in total. The van der Waals surface area contributed by atoms with Crippen LogP contribution >= 0.6 is 0 Å². The first-order valence-electron chi connectivity index (χ1n) is 32.4. The van der Waals surface area contributed by atoms with Crippen molar-refractivity contribution in [2.24, 2.45) is 0 Å². The van der Waals surface area contributed by atoms with E-state index in [1.54, 1.807) is 139 Å². The molecular weight excluding hydrogens is 1340 g/mol. The van der Waals surface area contributed by atoms with Crippen molar-refractivity contribution in [3.05, 3.63) is 330 Å². The van der Waals surface area contributed by atoms with E-state index in [0.717, 1.165) is 62.5 Å². The Balaban J connectivity index is 0.000000139. The number of imidazole rings is 3. The molecule has 0 aliphatic carbocycles. The smallest absolute Gasteiger partial charge is 0.322 e. The number of carbonyl (C=O) groups excluding carboxylic acids is 3. The van der Waals surface area contributed by atoms with Gasteiger partial charge in [0.1, 0.15) is 22.8 Å². The minimum absolute atomic E-state index is 0.166. The monoisotopic (exact) mass is 1400 g/mol. The molecule has 15 rings (SSSR count). The van der Waals surface area contributed by atoms with E-state index in [-0.39, 0.29) is 17.3 Å². The Morgan fingerprint density at radius 3 is 1.17 bits per heavy atom. The molecule has 0 saturated heterocycles. The molecule has 0 saturated carbocycles. The lowest BCUT2D eigenvalue weighted by Gasteiger charge is -2.15. The maximum atomic E-state index is 14.4. The van der Waals surface area contributed by atoms with Crippen LogP contribution < -0.4 is 16.0 Å². The summed E-state index contributed by atoms with van der Waals surface area (Å²) in [6, 6.07) is 58.3. The van der Waals surface area contributed by atoms with Crippen LogP contribution in [0.15, 0.2) is 268 Å². The molecule has 8 heterocycles. The van der Waals surface area contributed by atoms with Gasteiger partial charge in [0.2, 0.25) is 5.95 Å². The summed E-state index contributed by atoms with van der Waals surface area (Å²) in [4.78, 5) is 60.2. The van der Waals surface area contributed by atoms with E-state index in [9.17, 15) is 49.5 Å². The van der Waals surface area contributed by atoms with Gasteiger partial charge in [-0.05, 0) is 189 Å². The quantitative estimate of drug-likeness (QED) is 0.0803. The van der Waals surface area contributed by atoms with Gasteiger partial charge in [-0.2, -0.15) is 30.7 Å². The predicted octanol–water partition coefficient (Wildman–Crippen LogP) is 20.1. The second-order valence-corrected chi connectivity index (χ2v) is 24.3. The van der Waals surface area contributed by atoms with E-state index in [2.05, 4.69) is 40.9 Å². The van der Waals surface area contributed by atoms with Crippen molar-refractivity contribution in [2.75, 3.05) is 16.0 Å². The molecule has 22 heteroatoms.